The van der Waals surface area contributed by atoms with Crippen molar-refractivity contribution in [3.8, 4) is 11.5 Å². The zero-order valence-electron chi connectivity index (χ0n) is 10.1. The summed E-state index contributed by atoms with van der Waals surface area (Å²) in [5.74, 6) is 0.946. The monoisotopic (exact) mass is 389 g/mol. The molecule has 2 aromatic carbocycles. The molecule has 0 radical (unpaired) electrons. The molecule has 0 bridgehead atoms. The van der Waals surface area contributed by atoms with Crippen LogP contribution in [-0.4, -0.2) is 14.7 Å². The van der Waals surface area contributed by atoms with Crippen LogP contribution >= 0.6 is 22.6 Å². The number of nitrogens with two attached hydrogens (primary N) is 1. The van der Waals surface area contributed by atoms with Crippen LogP contribution in [0.5, 0.6) is 11.5 Å². The van der Waals surface area contributed by atoms with Crippen LogP contribution in [-0.2, 0) is 9.84 Å². The van der Waals surface area contributed by atoms with Crippen LogP contribution in [0.2, 0.25) is 0 Å². The minimum Gasteiger partial charge on any atom is -0.455 e. The summed E-state index contributed by atoms with van der Waals surface area (Å²) in [6.45, 7) is 0. The van der Waals surface area contributed by atoms with Gasteiger partial charge in [-0.05, 0) is 59.0 Å². The second-order valence-electron chi connectivity index (χ2n) is 4.00. The van der Waals surface area contributed by atoms with E-state index in [0.717, 1.165) is 9.83 Å². The van der Waals surface area contributed by atoms with Crippen molar-refractivity contribution in [3.05, 3.63) is 46.0 Å². The van der Waals surface area contributed by atoms with Gasteiger partial charge in [-0.1, -0.05) is 6.07 Å². The average molecular weight is 389 g/mol. The van der Waals surface area contributed by atoms with Crippen molar-refractivity contribution in [3.63, 3.8) is 0 Å². The molecule has 0 aromatic heterocycles. The molecule has 2 N–H and O–H groups in total. The highest BCUT2D eigenvalue weighted by Gasteiger charge is 2.15. The van der Waals surface area contributed by atoms with E-state index in [1.165, 1.54) is 6.07 Å². The van der Waals surface area contributed by atoms with E-state index in [0.29, 0.717) is 11.5 Å². The van der Waals surface area contributed by atoms with Gasteiger partial charge < -0.3 is 10.5 Å². The molecule has 4 nitrogen and oxygen atoms in total. The molecule has 6 heteroatoms. The predicted molar refractivity (Wildman–Crippen MR) is 83.2 cm³/mol. The van der Waals surface area contributed by atoms with Crippen LogP contribution < -0.4 is 10.5 Å². The van der Waals surface area contributed by atoms with Gasteiger partial charge in [0.1, 0.15) is 5.75 Å². The molecule has 2 aromatic rings. The Labute approximate surface area is 125 Å². The van der Waals surface area contributed by atoms with Crippen molar-refractivity contribution in [1.82, 2.24) is 0 Å². The summed E-state index contributed by atoms with van der Waals surface area (Å²) in [6.07, 6.45) is 1.12. The summed E-state index contributed by atoms with van der Waals surface area (Å²) in [4.78, 5) is 0.0792. The van der Waals surface area contributed by atoms with Crippen molar-refractivity contribution in [2.45, 2.75) is 4.90 Å². The number of hydrogen-bond donors (Lipinski definition) is 1. The lowest BCUT2D eigenvalue weighted by Gasteiger charge is -2.11. The van der Waals surface area contributed by atoms with Crippen LogP contribution in [0.25, 0.3) is 0 Å². The number of benzene rings is 2. The van der Waals surface area contributed by atoms with Crippen molar-refractivity contribution in [1.29, 1.82) is 0 Å². The highest BCUT2D eigenvalue weighted by Crippen LogP contribution is 2.32. The van der Waals surface area contributed by atoms with E-state index < -0.39 is 9.84 Å². The van der Waals surface area contributed by atoms with Crippen molar-refractivity contribution >= 4 is 38.1 Å². The molecule has 0 atom stereocenters. The van der Waals surface area contributed by atoms with E-state index in [1.54, 1.807) is 24.3 Å². The third kappa shape index (κ3) is 3.38. The van der Waals surface area contributed by atoms with Gasteiger partial charge in [0.25, 0.3) is 0 Å². The molecule has 2 rings (SSSR count). The first kappa shape index (κ1) is 14.1. The fraction of sp³-hybridized carbons (Fsp3) is 0.0769. The van der Waals surface area contributed by atoms with Crippen LogP contribution in [0.1, 0.15) is 0 Å². The average Bonchev–Trinajstić information content (AvgIpc) is 2.33. The fourth-order valence-corrected chi connectivity index (χ4v) is 2.75. The van der Waals surface area contributed by atoms with Crippen molar-refractivity contribution < 1.29 is 13.2 Å². The predicted octanol–water partition coefficient (Wildman–Crippen LogP) is 3.07. The molecule has 0 spiro atoms. The Morgan fingerprint density at radius 1 is 1.11 bits per heavy atom. The minimum atomic E-state index is -3.36. The van der Waals surface area contributed by atoms with Gasteiger partial charge in [0.2, 0.25) is 0 Å². The van der Waals surface area contributed by atoms with Gasteiger partial charge in [-0.15, -0.1) is 0 Å². The number of rotatable bonds is 3. The molecule has 0 amide bonds. The van der Waals surface area contributed by atoms with E-state index in [1.807, 2.05) is 12.1 Å². The second kappa shape index (κ2) is 5.38. The summed E-state index contributed by atoms with van der Waals surface area (Å²) >= 11 is 2.19. The Morgan fingerprint density at radius 2 is 1.74 bits per heavy atom. The third-order valence-corrected chi connectivity index (χ3v) is 4.34. The van der Waals surface area contributed by atoms with Gasteiger partial charge in [0.15, 0.2) is 15.6 Å². The van der Waals surface area contributed by atoms with Crippen LogP contribution in [0.3, 0.4) is 0 Å². The first-order valence-electron chi connectivity index (χ1n) is 5.40. The lowest BCUT2D eigenvalue weighted by atomic mass is 10.3. The maximum atomic E-state index is 11.6. The van der Waals surface area contributed by atoms with Crippen molar-refractivity contribution in [2.75, 3.05) is 12.0 Å². The molecule has 0 heterocycles. The summed E-state index contributed by atoms with van der Waals surface area (Å²) < 4.78 is 29.8. The van der Waals surface area contributed by atoms with E-state index >= 15 is 0 Å². The number of hydrogen-bond acceptors (Lipinski definition) is 4. The second-order valence-corrected chi connectivity index (χ2v) is 7.23. The number of anilines is 1. The van der Waals surface area contributed by atoms with Gasteiger partial charge in [-0.3, -0.25) is 0 Å². The number of nitrogen functional groups attached to an aromatic ring is 1. The number of ether oxygens (including phenoxy) is 1. The molecule has 0 aliphatic rings. The van der Waals surface area contributed by atoms with Crippen LogP contribution in [0, 0.1) is 3.57 Å². The number of halogens is 1. The molecule has 100 valence electrons. The highest BCUT2D eigenvalue weighted by molar-refractivity contribution is 14.1. The largest absolute Gasteiger partial charge is 0.455 e. The maximum Gasteiger partial charge on any atom is 0.177 e. The molecule has 0 saturated carbocycles. The molecule has 0 saturated heterocycles. The fourth-order valence-electron chi connectivity index (χ4n) is 1.57. The highest BCUT2D eigenvalue weighted by atomic mass is 127. The number of sulfone groups is 1. The molecule has 0 fully saturated rings. The lowest BCUT2D eigenvalue weighted by molar-refractivity contribution is 0.483. The smallest absolute Gasteiger partial charge is 0.177 e. The normalized spacial score (nSPS) is 11.3. The van der Waals surface area contributed by atoms with Gasteiger partial charge in [-0.25, -0.2) is 8.42 Å². The van der Waals surface area contributed by atoms with Gasteiger partial charge in [0, 0.05) is 9.83 Å². The van der Waals surface area contributed by atoms with E-state index in [4.69, 9.17) is 10.5 Å². The standard InChI is InChI=1S/C13H12INO3S/c1-19(16,17)12-4-2-3-11(13(12)15)18-10-7-5-9(14)6-8-10/h2-8H,15H2,1H3. The van der Waals surface area contributed by atoms with E-state index in [-0.39, 0.29) is 10.6 Å². The summed E-state index contributed by atoms with van der Waals surface area (Å²) in [5, 5.41) is 0. The number of para-hydroxylation sites is 1. The lowest BCUT2D eigenvalue weighted by Crippen LogP contribution is -2.03. The maximum absolute atomic E-state index is 11.6. The quantitative estimate of drug-likeness (QED) is 0.647. The molecule has 0 aliphatic heterocycles. The molecule has 0 aliphatic carbocycles. The Bertz CT molecular complexity index is 696. The molecular weight excluding hydrogens is 377 g/mol. The third-order valence-electron chi connectivity index (χ3n) is 2.47. The van der Waals surface area contributed by atoms with E-state index in [9.17, 15) is 8.42 Å². The van der Waals surface area contributed by atoms with E-state index in [2.05, 4.69) is 22.6 Å². The Hall–Kier alpha value is -1.28. The Morgan fingerprint density at radius 3 is 2.32 bits per heavy atom. The SMILES string of the molecule is CS(=O)(=O)c1cccc(Oc2ccc(I)cc2)c1N. The molecule has 19 heavy (non-hydrogen) atoms. The van der Waals surface area contributed by atoms with Crippen LogP contribution in [0.4, 0.5) is 5.69 Å². The van der Waals surface area contributed by atoms with Crippen molar-refractivity contribution in [2.24, 2.45) is 0 Å². The van der Waals surface area contributed by atoms with Gasteiger partial charge in [0.05, 0.1) is 10.6 Å². The van der Waals surface area contributed by atoms with Crippen LogP contribution in [0.15, 0.2) is 47.4 Å². The summed E-state index contributed by atoms with van der Waals surface area (Å²) in [5.41, 5.74) is 5.97. The van der Waals surface area contributed by atoms with Gasteiger partial charge >= 0.3 is 0 Å². The Balaban J connectivity index is 2.39. The molecule has 0 unspecified atom stereocenters. The summed E-state index contributed by atoms with van der Waals surface area (Å²) in [6, 6.07) is 12.1. The zero-order chi connectivity index (χ0) is 14.0. The minimum absolute atomic E-state index is 0.0792. The topological polar surface area (TPSA) is 69.4 Å². The van der Waals surface area contributed by atoms with Gasteiger partial charge in [-0.2, -0.15) is 0 Å². The first-order chi connectivity index (χ1) is 8.88. The zero-order valence-corrected chi connectivity index (χ0v) is 13.1. The Kier molecular flexibility index (Phi) is 4.00. The molecular formula is C13H12INO3S. The first-order valence-corrected chi connectivity index (χ1v) is 8.37. The summed E-state index contributed by atoms with van der Waals surface area (Å²) in [7, 11) is -3.36.